The number of amides is 1. The first-order chi connectivity index (χ1) is 15.3. The third kappa shape index (κ3) is 3.31. The molecule has 164 valence electrons. The van der Waals surface area contributed by atoms with Gasteiger partial charge in [-0.15, -0.1) is 16.4 Å². The van der Waals surface area contributed by atoms with Gasteiger partial charge in [-0.05, 0) is 30.9 Å². The van der Waals surface area contributed by atoms with E-state index >= 15 is 0 Å². The molecule has 1 fully saturated rings. The highest BCUT2D eigenvalue weighted by molar-refractivity contribution is 7.89. The standard InChI is InChI=1S/C22H21N5O3S2/c1-12-13(2)24-25-21-18(12)19(23)20(31-21)22(28)27-10-15(11-27)26-32(29,30)17-9-5-7-14-6-3-4-8-16(14)17/h3-9,15,26H,10-11,23H2,1-2H3. The molecule has 1 saturated heterocycles. The molecule has 0 aliphatic carbocycles. The van der Waals surface area contributed by atoms with E-state index < -0.39 is 10.0 Å². The van der Waals surface area contributed by atoms with Gasteiger partial charge >= 0.3 is 0 Å². The maximum absolute atomic E-state index is 13.0. The first-order valence-electron chi connectivity index (χ1n) is 10.1. The number of likely N-dealkylation sites (tertiary alicyclic amines) is 1. The van der Waals surface area contributed by atoms with E-state index in [4.69, 9.17) is 5.73 Å². The minimum absolute atomic E-state index is 0.219. The van der Waals surface area contributed by atoms with Crippen molar-refractivity contribution in [3.05, 3.63) is 58.6 Å². The Hall–Kier alpha value is -3.08. The second kappa shape index (κ2) is 7.51. The second-order valence-electron chi connectivity index (χ2n) is 7.94. The number of thiophene rings is 1. The van der Waals surface area contributed by atoms with Gasteiger partial charge in [0, 0.05) is 23.9 Å². The summed E-state index contributed by atoms with van der Waals surface area (Å²) in [5.41, 5.74) is 8.36. The van der Waals surface area contributed by atoms with Gasteiger partial charge in [0.05, 0.1) is 22.3 Å². The molecule has 1 amide bonds. The van der Waals surface area contributed by atoms with Crippen molar-refractivity contribution < 1.29 is 13.2 Å². The Kier molecular flexibility index (Phi) is 4.88. The van der Waals surface area contributed by atoms with Crippen LogP contribution in [-0.4, -0.2) is 48.6 Å². The SMILES string of the molecule is Cc1nnc2sc(C(=O)N3CC(NS(=O)(=O)c4cccc5ccccc45)C3)c(N)c2c1C. The number of sulfonamides is 1. The molecule has 0 unspecified atom stereocenters. The van der Waals surface area contributed by atoms with E-state index in [1.54, 1.807) is 23.1 Å². The summed E-state index contributed by atoms with van der Waals surface area (Å²) in [5, 5.41) is 10.5. The third-order valence-electron chi connectivity index (χ3n) is 5.86. The number of nitrogens with zero attached hydrogens (tertiary/aromatic N) is 3. The minimum atomic E-state index is -3.73. The number of carbonyl (C=O) groups is 1. The molecule has 32 heavy (non-hydrogen) atoms. The predicted molar refractivity (Wildman–Crippen MR) is 125 cm³/mol. The number of nitrogens with one attached hydrogen (secondary N) is 1. The number of carbonyl (C=O) groups excluding carboxylic acids is 1. The monoisotopic (exact) mass is 467 g/mol. The highest BCUT2D eigenvalue weighted by Gasteiger charge is 2.36. The van der Waals surface area contributed by atoms with Crippen LogP contribution in [0.15, 0.2) is 47.4 Å². The van der Waals surface area contributed by atoms with Crippen molar-refractivity contribution in [2.24, 2.45) is 0 Å². The van der Waals surface area contributed by atoms with Crippen molar-refractivity contribution in [2.45, 2.75) is 24.8 Å². The highest BCUT2D eigenvalue weighted by Crippen LogP contribution is 2.36. The average molecular weight is 468 g/mol. The van der Waals surface area contributed by atoms with Crippen LogP contribution >= 0.6 is 11.3 Å². The van der Waals surface area contributed by atoms with Gasteiger partial charge in [-0.3, -0.25) is 4.79 Å². The number of rotatable bonds is 4. The molecule has 0 saturated carbocycles. The topological polar surface area (TPSA) is 118 Å². The fourth-order valence-corrected chi connectivity index (χ4v) is 6.49. The summed E-state index contributed by atoms with van der Waals surface area (Å²) in [5.74, 6) is -0.219. The molecular formula is C22H21N5O3S2. The summed E-state index contributed by atoms with van der Waals surface area (Å²) in [4.78, 5) is 15.9. The molecule has 2 aromatic carbocycles. The van der Waals surface area contributed by atoms with E-state index in [9.17, 15) is 13.2 Å². The summed E-state index contributed by atoms with van der Waals surface area (Å²) in [6.07, 6.45) is 0. The van der Waals surface area contributed by atoms with E-state index in [1.807, 2.05) is 38.1 Å². The Bertz CT molecular complexity index is 1490. The van der Waals surface area contributed by atoms with Crippen LogP contribution in [0.3, 0.4) is 0 Å². The van der Waals surface area contributed by atoms with Crippen molar-refractivity contribution >= 4 is 53.9 Å². The van der Waals surface area contributed by atoms with Crippen molar-refractivity contribution in [3.63, 3.8) is 0 Å². The quantitative estimate of drug-likeness (QED) is 0.476. The Morgan fingerprint density at radius 1 is 1.12 bits per heavy atom. The summed E-state index contributed by atoms with van der Waals surface area (Å²) in [6, 6.07) is 12.2. The van der Waals surface area contributed by atoms with E-state index in [2.05, 4.69) is 14.9 Å². The molecule has 0 bridgehead atoms. The molecule has 10 heteroatoms. The van der Waals surface area contributed by atoms with Gasteiger partial charge in [0.1, 0.15) is 9.71 Å². The lowest BCUT2D eigenvalue weighted by Crippen LogP contribution is -2.60. The van der Waals surface area contributed by atoms with Crippen LogP contribution in [0.1, 0.15) is 20.9 Å². The van der Waals surface area contributed by atoms with E-state index in [1.165, 1.54) is 11.3 Å². The third-order valence-corrected chi connectivity index (χ3v) is 8.52. The molecule has 3 N–H and O–H groups in total. The number of fused-ring (bicyclic) bond motifs is 2. The van der Waals surface area contributed by atoms with Crippen LogP contribution < -0.4 is 10.5 Å². The molecule has 0 atom stereocenters. The molecule has 4 aromatic rings. The zero-order valence-corrected chi connectivity index (χ0v) is 19.1. The number of anilines is 1. The Morgan fingerprint density at radius 2 is 1.84 bits per heavy atom. The number of hydrogen-bond donors (Lipinski definition) is 2. The molecule has 0 spiro atoms. The molecular weight excluding hydrogens is 446 g/mol. The molecule has 1 aliphatic heterocycles. The summed E-state index contributed by atoms with van der Waals surface area (Å²) < 4.78 is 28.7. The van der Waals surface area contributed by atoms with Crippen LogP contribution in [-0.2, 0) is 10.0 Å². The van der Waals surface area contributed by atoms with Gasteiger partial charge in [-0.25, -0.2) is 13.1 Å². The van der Waals surface area contributed by atoms with E-state index in [-0.39, 0.29) is 29.9 Å². The maximum Gasteiger partial charge on any atom is 0.266 e. The molecule has 3 heterocycles. The van der Waals surface area contributed by atoms with Crippen LogP contribution in [0, 0.1) is 13.8 Å². The fourth-order valence-electron chi connectivity index (χ4n) is 3.97. The predicted octanol–water partition coefficient (Wildman–Crippen LogP) is 2.85. The number of hydrogen-bond acceptors (Lipinski definition) is 7. The Labute approximate surface area is 189 Å². The summed E-state index contributed by atoms with van der Waals surface area (Å²) in [6.45, 7) is 4.31. The fraction of sp³-hybridized carbons (Fsp3) is 0.227. The van der Waals surface area contributed by atoms with Gasteiger partial charge in [0.15, 0.2) is 0 Å². The largest absolute Gasteiger partial charge is 0.397 e. The Balaban J connectivity index is 1.33. The molecule has 5 rings (SSSR count). The normalized spacial score (nSPS) is 14.8. The van der Waals surface area contributed by atoms with Gasteiger partial charge in [0.25, 0.3) is 5.91 Å². The number of nitrogens with two attached hydrogens (primary N) is 1. The lowest BCUT2D eigenvalue weighted by Gasteiger charge is -2.39. The first kappa shape index (κ1) is 20.8. The minimum Gasteiger partial charge on any atom is -0.397 e. The number of nitrogen functional groups attached to an aromatic ring is 1. The van der Waals surface area contributed by atoms with Crippen molar-refractivity contribution in [2.75, 3.05) is 18.8 Å². The van der Waals surface area contributed by atoms with Crippen LogP contribution in [0.5, 0.6) is 0 Å². The number of aromatic nitrogens is 2. The zero-order chi connectivity index (χ0) is 22.6. The summed E-state index contributed by atoms with van der Waals surface area (Å²) >= 11 is 1.22. The van der Waals surface area contributed by atoms with Crippen molar-refractivity contribution in [1.82, 2.24) is 19.8 Å². The van der Waals surface area contributed by atoms with Gasteiger partial charge < -0.3 is 10.6 Å². The number of aryl methyl sites for hydroxylation is 2. The van der Waals surface area contributed by atoms with Crippen LogP contribution in [0.2, 0.25) is 0 Å². The highest BCUT2D eigenvalue weighted by atomic mass is 32.2. The molecule has 1 aliphatic rings. The lowest BCUT2D eigenvalue weighted by molar-refractivity contribution is 0.0598. The van der Waals surface area contributed by atoms with Gasteiger partial charge in [0.2, 0.25) is 10.0 Å². The summed E-state index contributed by atoms with van der Waals surface area (Å²) in [7, 11) is -3.73. The molecule has 2 aromatic heterocycles. The van der Waals surface area contributed by atoms with E-state index in [0.29, 0.717) is 20.8 Å². The van der Waals surface area contributed by atoms with E-state index in [0.717, 1.165) is 22.0 Å². The maximum atomic E-state index is 13.0. The lowest BCUT2D eigenvalue weighted by atomic mass is 10.1. The van der Waals surface area contributed by atoms with Crippen molar-refractivity contribution in [1.29, 1.82) is 0 Å². The second-order valence-corrected chi connectivity index (χ2v) is 10.6. The molecule has 8 nitrogen and oxygen atoms in total. The van der Waals surface area contributed by atoms with Crippen LogP contribution in [0.4, 0.5) is 5.69 Å². The first-order valence-corrected chi connectivity index (χ1v) is 12.4. The van der Waals surface area contributed by atoms with Crippen LogP contribution in [0.25, 0.3) is 21.0 Å². The number of benzene rings is 2. The smallest absolute Gasteiger partial charge is 0.266 e. The van der Waals surface area contributed by atoms with Crippen molar-refractivity contribution in [3.8, 4) is 0 Å². The molecule has 0 radical (unpaired) electrons. The Morgan fingerprint density at radius 3 is 2.62 bits per heavy atom. The average Bonchev–Trinajstić information content (AvgIpc) is 3.09. The van der Waals surface area contributed by atoms with Gasteiger partial charge in [-0.1, -0.05) is 36.4 Å². The zero-order valence-electron chi connectivity index (χ0n) is 17.5. The van der Waals surface area contributed by atoms with Gasteiger partial charge in [-0.2, -0.15) is 5.10 Å².